The summed E-state index contributed by atoms with van der Waals surface area (Å²) in [6.45, 7) is 4.14. The molecular formula is C24H22O3S. The highest BCUT2D eigenvalue weighted by Crippen LogP contribution is 2.29. The molecule has 0 spiro atoms. The van der Waals surface area contributed by atoms with Crippen LogP contribution in [0.5, 0.6) is 5.75 Å². The van der Waals surface area contributed by atoms with Crippen molar-refractivity contribution in [3.05, 3.63) is 72.3 Å². The first kappa shape index (κ1) is 19.9. The Bertz CT molecular complexity index is 1000. The summed E-state index contributed by atoms with van der Waals surface area (Å²) >= 11 is 1.07. The van der Waals surface area contributed by atoms with Gasteiger partial charge in [-0.05, 0) is 53.9 Å². The molecule has 0 bridgehead atoms. The zero-order chi connectivity index (χ0) is 19.8. The van der Waals surface area contributed by atoms with Crippen LogP contribution < -0.4 is 4.74 Å². The molecule has 4 heteroatoms. The van der Waals surface area contributed by atoms with E-state index in [0.717, 1.165) is 39.0 Å². The largest absolute Gasteiger partial charge is 0.481 e. The summed E-state index contributed by atoms with van der Waals surface area (Å²) in [7, 11) is 0. The number of benzene rings is 3. The summed E-state index contributed by atoms with van der Waals surface area (Å²) in [5.41, 5.74) is 0.979. The Morgan fingerprint density at radius 1 is 1.04 bits per heavy atom. The highest BCUT2D eigenvalue weighted by atomic mass is 32.2. The van der Waals surface area contributed by atoms with Crippen LogP contribution in [0.1, 0.15) is 31.7 Å². The monoisotopic (exact) mass is 390 g/mol. The topological polar surface area (TPSA) is 35.5 Å². The number of carbonyl (C=O) groups excluding carboxylic acids is 1. The Hall–Kier alpha value is -2.90. The molecular weight excluding hydrogens is 368 g/mol. The molecule has 3 rings (SSSR count). The van der Waals surface area contributed by atoms with Gasteiger partial charge in [-0.2, -0.15) is 0 Å². The first-order valence-electron chi connectivity index (χ1n) is 9.20. The second-order valence-electron chi connectivity index (χ2n) is 6.24. The summed E-state index contributed by atoms with van der Waals surface area (Å²) in [4.78, 5) is 13.5. The molecule has 1 unspecified atom stereocenters. The molecule has 0 saturated heterocycles. The van der Waals surface area contributed by atoms with E-state index in [0.29, 0.717) is 13.0 Å². The van der Waals surface area contributed by atoms with E-state index >= 15 is 0 Å². The zero-order valence-electron chi connectivity index (χ0n) is 16.0. The van der Waals surface area contributed by atoms with E-state index in [1.807, 2.05) is 49.4 Å². The number of ether oxygens (including phenoxy) is 1. The number of rotatable bonds is 7. The molecule has 0 aliphatic heterocycles. The average molecular weight is 391 g/mol. The summed E-state index contributed by atoms with van der Waals surface area (Å²) in [5, 5.41) is 2.29. The lowest BCUT2D eigenvalue weighted by atomic mass is 9.94. The lowest BCUT2D eigenvalue weighted by molar-refractivity contribution is -0.134. The Morgan fingerprint density at radius 2 is 1.79 bits per heavy atom. The van der Waals surface area contributed by atoms with Gasteiger partial charge < -0.3 is 8.92 Å². The van der Waals surface area contributed by atoms with Crippen molar-refractivity contribution in [2.45, 2.75) is 31.1 Å². The Morgan fingerprint density at radius 3 is 2.50 bits per heavy atom. The van der Waals surface area contributed by atoms with Gasteiger partial charge in [-0.3, -0.25) is 4.79 Å². The van der Waals surface area contributed by atoms with Crippen LogP contribution in [0.3, 0.4) is 0 Å². The molecule has 3 aromatic rings. The standard InChI is InChI=1S/C24H22O3S/c1-3-5-16-26-21-12-14-22(15-13-21)28-27-24(25)23(4-2)20-11-10-18-8-6-7-9-19(18)17-20/h6-15,17,23H,4,16H2,1-2H3. The summed E-state index contributed by atoms with van der Waals surface area (Å²) in [5.74, 6) is 5.85. The predicted molar refractivity (Wildman–Crippen MR) is 114 cm³/mol. The van der Waals surface area contributed by atoms with Crippen molar-refractivity contribution in [2.75, 3.05) is 6.61 Å². The maximum absolute atomic E-state index is 12.6. The Kier molecular flexibility index (Phi) is 7.00. The first-order chi connectivity index (χ1) is 13.7. The fourth-order valence-electron chi connectivity index (χ4n) is 2.89. The fraction of sp³-hybridized carbons (Fsp3) is 0.208. The third kappa shape index (κ3) is 5.09. The van der Waals surface area contributed by atoms with Crippen molar-refractivity contribution in [3.63, 3.8) is 0 Å². The molecule has 28 heavy (non-hydrogen) atoms. The van der Waals surface area contributed by atoms with Gasteiger partial charge in [-0.25, -0.2) is 0 Å². The molecule has 3 aromatic carbocycles. The van der Waals surface area contributed by atoms with Crippen LogP contribution in [0.4, 0.5) is 0 Å². The normalized spacial score (nSPS) is 11.4. The quantitative estimate of drug-likeness (QED) is 0.367. The lowest BCUT2D eigenvalue weighted by Gasteiger charge is -2.14. The summed E-state index contributed by atoms with van der Waals surface area (Å²) in [6.07, 6.45) is 0.684. The maximum Gasteiger partial charge on any atom is 0.325 e. The number of fused-ring (bicyclic) bond motifs is 1. The van der Waals surface area contributed by atoms with Crippen LogP contribution in [0.25, 0.3) is 10.8 Å². The Labute approximate surface area is 170 Å². The molecule has 0 aliphatic rings. The number of carbonyl (C=O) groups is 1. The molecule has 0 aliphatic carbocycles. The lowest BCUT2D eigenvalue weighted by Crippen LogP contribution is -2.12. The van der Waals surface area contributed by atoms with Crippen molar-refractivity contribution in [2.24, 2.45) is 0 Å². The van der Waals surface area contributed by atoms with Gasteiger partial charge in [0.15, 0.2) is 0 Å². The van der Waals surface area contributed by atoms with Gasteiger partial charge in [-0.15, -0.1) is 5.92 Å². The molecule has 0 fully saturated rings. The molecule has 1 atom stereocenters. The van der Waals surface area contributed by atoms with Gasteiger partial charge in [0.1, 0.15) is 12.4 Å². The van der Waals surface area contributed by atoms with Crippen LogP contribution in [-0.4, -0.2) is 12.6 Å². The second-order valence-corrected chi connectivity index (χ2v) is 7.04. The van der Waals surface area contributed by atoms with Gasteiger partial charge in [0, 0.05) is 4.90 Å². The van der Waals surface area contributed by atoms with Crippen LogP contribution in [0, 0.1) is 11.8 Å². The number of hydrogen-bond acceptors (Lipinski definition) is 4. The third-order valence-electron chi connectivity index (χ3n) is 4.40. The van der Waals surface area contributed by atoms with Crippen LogP contribution in [0.15, 0.2) is 71.6 Å². The minimum atomic E-state index is -0.285. The fourth-order valence-corrected chi connectivity index (χ4v) is 3.43. The van der Waals surface area contributed by atoms with E-state index in [1.165, 1.54) is 0 Å². The minimum absolute atomic E-state index is 0.235. The summed E-state index contributed by atoms with van der Waals surface area (Å²) in [6, 6.07) is 21.7. The van der Waals surface area contributed by atoms with E-state index in [9.17, 15) is 4.79 Å². The van der Waals surface area contributed by atoms with Crippen molar-refractivity contribution < 1.29 is 13.7 Å². The van der Waals surface area contributed by atoms with E-state index in [-0.39, 0.29) is 11.9 Å². The van der Waals surface area contributed by atoms with Crippen molar-refractivity contribution in [1.82, 2.24) is 0 Å². The van der Waals surface area contributed by atoms with Crippen LogP contribution in [-0.2, 0) is 8.98 Å². The van der Waals surface area contributed by atoms with E-state index in [4.69, 9.17) is 8.92 Å². The van der Waals surface area contributed by atoms with Crippen LogP contribution in [0.2, 0.25) is 0 Å². The zero-order valence-corrected chi connectivity index (χ0v) is 16.8. The molecule has 0 radical (unpaired) electrons. The molecule has 0 saturated carbocycles. The molecule has 0 amide bonds. The molecule has 0 N–H and O–H groups in total. The van der Waals surface area contributed by atoms with Crippen molar-refractivity contribution >= 4 is 28.8 Å². The highest BCUT2D eigenvalue weighted by molar-refractivity contribution is 7.95. The molecule has 142 valence electrons. The van der Waals surface area contributed by atoms with Gasteiger partial charge in [-0.1, -0.05) is 55.3 Å². The molecule has 3 nitrogen and oxygen atoms in total. The summed E-state index contributed by atoms with van der Waals surface area (Å²) < 4.78 is 11.0. The SMILES string of the molecule is CC#CCOc1ccc(SOC(=O)C(CC)c2ccc3ccccc3c2)cc1. The van der Waals surface area contributed by atoms with Crippen LogP contribution >= 0.6 is 12.0 Å². The van der Waals surface area contributed by atoms with E-state index < -0.39 is 0 Å². The van der Waals surface area contributed by atoms with Gasteiger partial charge >= 0.3 is 5.97 Å². The Balaban J connectivity index is 1.62. The second kappa shape index (κ2) is 9.87. The predicted octanol–water partition coefficient (Wildman–Crippen LogP) is 5.99. The van der Waals surface area contributed by atoms with Gasteiger partial charge in [0.05, 0.1) is 18.0 Å². The minimum Gasteiger partial charge on any atom is -0.481 e. The average Bonchev–Trinajstić information content (AvgIpc) is 2.74. The maximum atomic E-state index is 12.6. The van der Waals surface area contributed by atoms with E-state index in [2.05, 4.69) is 36.1 Å². The van der Waals surface area contributed by atoms with Crippen molar-refractivity contribution in [3.8, 4) is 17.6 Å². The number of hydrogen-bond donors (Lipinski definition) is 0. The third-order valence-corrected chi connectivity index (χ3v) is 5.11. The first-order valence-corrected chi connectivity index (χ1v) is 9.95. The van der Waals surface area contributed by atoms with E-state index in [1.54, 1.807) is 6.92 Å². The molecule has 0 aromatic heterocycles. The van der Waals surface area contributed by atoms with Gasteiger partial charge in [0.25, 0.3) is 0 Å². The smallest absolute Gasteiger partial charge is 0.325 e. The van der Waals surface area contributed by atoms with Gasteiger partial charge in [0.2, 0.25) is 0 Å². The highest BCUT2D eigenvalue weighted by Gasteiger charge is 2.21. The molecule has 0 heterocycles. The van der Waals surface area contributed by atoms with Crippen molar-refractivity contribution in [1.29, 1.82) is 0 Å².